The van der Waals surface area contributed by atoms with Gasteiger partial charge in [-0.1, -0.05) is 29.3 Å². The second kappa shape index (κ2) is 6.79. The number of amides is 1. The van der Waals surface area contributed by atoms with E-state index in [0.717, 1.165) is 16.7 Å². The van der Waals surface area contributed by atoms with Crippen molar-refractivity contribution in [2.75, 3.05) is 6.54 Å². The fraction of sp³-hybridized carbons (Fsp3) is 0.429. The Labute approximate surface area is 107 Å². The molecule has 0 bridgehead atoms. The lowest BCUT2D eigenvalue weighted by Gasteiger charge is -2.06. The summed E-state index contributed by atoms with van der Waals surface area (Å²) in [6, 6.07) is 6.04. The second-order valence-electron chi connectivity index (χ2n) is 4.52. The van der Waals surface area contributed by atoms with Crippen LogP contribution in [0.4, 0.5) is 0 Å². The lowest BCUT2D eigenvalue weighted by molar-refractivity contribution is -0.137. The summed E-state index contributed by atoms with van der Waals surface area (Å²) in [7, 11) is 0. The zero-order valence-electron chi connectivity index (χ0n) is 10.8. The minimum atomic E-state index is -0.835. The molecule has 0 aliphatic rings. The van der Waals surface area contributed by atoms with Crippen molar-refractivity contribution < 1.29 is 14.7 Å². The number of carbonyl (C=O) groups is 2. The highest BCUT2D eigenvalue weighted by molar-refractivity contribution is 5.78. The molecule has 0 fully saturated rings. The number of aryl methyl sites for hydroxylation is 2. The molecule has 0 aromatic heterocycles. The fourth-order valence-electron chi connectivity index (χ4n) is 1.89. The van der Waals surface area contributed by atoms with E-state index in [1.807, 2.05) is 26.0 Å². The van der Waals surface area contributed by atoms with E-state index in [4.69, 9.17) is 5.11 Å². The Hall–Kier alpha value is -1.84. The number of benzene rings is 1. The number of hydrogen-bond donors (Lipinski definition) is 2. The molecular formula is C14H19NO3. The molecule has 0 spiro atoms. The van der Waals surface area contributed by atoms with Crippen LogP contribution in [-0.4, -0.2) is 23.5 Å². The molecule has 0 atom stereocenters. The van der Waals surface area contributed by atoms with Gasteiger partial charge in [0, 0.05) is 13.0 Å². The normalized spacial score (nSPS) is 10.1. The van der Waals surface area contributed by atoms with Gasteiger partial charge in [-0.2, -0.15) is 0 Å². The number of rotatable bonds is 6. The van der Waals surface area contributed by atoms with Crippen molar-refractivity contribution in [3.63, 3.8) is 0 Å². The topological polar surface area (TPSA) is 66.4 Å². The minimum absolute atomic E-state index is 0.0645. The van der Waals surface area contributed by atoms with E-state index >= 15 is 0 Å². The number of carboxylic acid groups (broad SMARTS) is 1. The van der Waals surface area contributed by atoms with E-state index < -0.39 is 5.97 Å². The van der Waals surface area contributed by atoms with Crippen LogP contribution in [0.2, 0.25) is 0 Å². The molecule has 1 amide bonds. The van der Waals surface area contributed by atoms with Gasteiger partial charge in [0.2, 0.25) is 5.91 Å². The first-order valence-electron chi connectivity index (χ1n) is 6.03. The lowest BCUT2D eigenvalue weighted by atomic mass is 10.0. The van der Waals surface area contributed by atoms with Gasteiger partial charge in [0.15, 0.2) is 0 Å². The molecule has 0 heterocycles. The van der Waals surface area contributed by atoms with Crippen molar-refractivity contribution in [2.24, 2.45) is 0 Å². The summed E-state index contributed by atoms with van der Waals surface area (Å²) in [6.45, 7) is 4.42. The standard InChI is InChI=1S/C14H19NO3/c1-10-6-11(2)8-12(7-10)9-13(16)15-5-3-4-14(17)18/h6-8H,3-5,9H2,1-2H3,(H,15,16)(H,17,18). The maximum Gasteiger partial charge on any atom is 0.303 e. The van der Waals surface area contributed by atoms with Crippen LogP contribution in [0.15, 0.2) is 18.2 Å². The first kappa shape index (κ1) is 14.2. The average Bonchev–Trinajstić information content (AvgIpc) is 2.22. The highest BCUT2D eigenvalue weighted by atomic mass is 16.4. The van der Waals surface area contributed by atoms with Gasteiger partial charge in [0.25, 0.3) is 0 Å². The van der Waals surface area contributed by atoms with E-state index in [1.54, 1.807) is 0 Å². The molecule has 0 saturated heterocycles. The summed E-state index contributed by atoms with van der Waals surface area (Å²) in [5.41, 5.74) is 3.27. The number of aliphatic carboxylic acids is 1. The highest BCUT2D eigenvalue weighted by Crippen LogP contribution is 2.09. The van der Waals surface area contributed by atoms with Gasteiger partial charge in [0.05, 0.1) is 6.42 Å². The third-order valence-corrected chi connectivity index (χ3v) is 2.54. The van der Waals surface area contributed by atoms with Crippen molar-refractivity contribution >= 4 is 11.9 Å². The Morgan fingerprint density at radius 1 is 1.17 bits per heavy atom. The van der Waals surface area contributed by atoms with Gasteiger partial charge in [0.1, 0.15) is 0 Å². The number of hydrogen-bond acceptors (Lipinski definition) is 2. The molecule has 98 valence electrons. The Kier molecular flexibility index (Phi) is 5.36. The molecule has 4 heteroatoms. The molecule has 18 heavy (non-hydrogen) atoms. The molecule has 0 saturated carbocycles. The monoisotopic (exact) mass is 249 g/mol. The summed E-state index contributed by atoms with van der Waals surface area (Å²) >= 11 is 0. The van der Waals surface area contributed by atoms with Crippen LogP contribution in [0.1, 0.15) is 29.5 Å². The Balaban J connectivity index is 2.37. The van der Waals surface area contributed by atoms with Gasteiger partial charge in [-0.15, -0.1) is 0 Å². The molecule has 1 aromatic rings. The molecule has 2 N–H and O–H groups in total. The molecule has 4 nitrogen and oxygen atoms in total. The summed E-state index contributed by atoms with van der Waals surface area (Å²) in [5.74, 6) is -0.899. The summed E-state index contributed by atoms with van der Waals surface area (Å²) in [4.78, 5) is 21.9. The quantitative estimate of drug-likeness (QED) is 0.756. The zero-order valence-corrected chi connectivity index (χ0v) is 10.8. The summed E-state index contributed by atoms with van der Waals surface area (Å²) < 4.78 is 0. The van der Waals surface area contributed by atoms with Crippen LogP contribution in [-0.2, 0) is 16.0 Å². The van der Waals surface area contributed by atoms with Crippen molar-refractivity contribution in [3.05, 3.63) is 34.9 Å². The fourth-order valence-corrected chi connectivity index (χ4v) is 1.89. The van der Waals surface area contributed by atoms with E-state index in [2.05, 4.69) is 11.4 Å². The summed E-state index contributed by atoms with van der Waals surface area (Å²) in [6.07, 6.45) is 0.896. The molecule has 0 aliphatic heterocycles. The highest BCUT2D eigenvalue weighted by Gasteiger charge is 2.04. The molecule has 1 aromatic carbocycles. The molecule has 0 unspecified atom stereocenters. The van der Waals surface area contributed by atoms with E-state index in [1.165, 1.54) is 0 Å². The minimum Gasteiger partial charge on any atom is -0.481 e. The first-order chi connectivity index (χ1) is 8.47. The van der Waals surface area contributed by atoms with E-state index in [9.17, 15) is 9.59 Å². The zero-order chi connectivity index (χ0) is 13.5. The van der Waals surface area contributed by atoms with E-state index in [-0.39, 0.29) is 12.3 Å². The van der Waals surface area contributed by atoms with Gasteiger partial charge >= 0.3 is 5.97 Å². The van der Waals surface area contributed by atoms with Gasteiger partial charge in [-0.3, -0.25) is 9.59 Å². The van der Waals surface area contributed by atoms with Gasteiger partial charge in [-0.05, 0) is 25.8 Å². The van der Waals surface area contributed by atoms with Crippen LogP contribution in [0.25, 0.3) is 0 Å². The number of carboxylic acids is 1. The van der Waals surface area contributed by atoms with Crippen LogP contribution in [0, 0.1) is 13.8 Å². The smallest absolute Gasteiger partial charge is 0.303 e. The van der Waals surface area contributed by atoms with Crippen LogP contribution < -0.4 is 5.32 Å². The first-order valence-corrected chi connectivity index (χ1v) is 6.03. The Morgan fingerprint density at radius 3 is 2.33 bits per heavy atom. The SMILES string of the molecule is Cc1cc(C)cc(CC(=O)NCCCC(=O)O)c1. The maximum atomic E-state index is 11.6. The molecular weight excluding hydrogens is 230 g/mol. The third kappa shape index (κ3) is 5.48. The van der Waals surface area contributed by atoms with Crippen molar-refractivity contribution in [1.82, 2.24) is 5.32 Å². The van der Waals surface area contributed by atoms with Gasteiger partial charge in [-0.25, -0.2) is 0 Å². The predicted octanol–water partition coefficient (Wildman–Crippen LogP) is 1.83. The Morgan fingerprint density at radius 2 is 1.78 bits per heavy atom. The lowest BCUT2D eigenvalue weighted by Crippen LogP contribution is -2.26. The predicted molar refractivity (Wildman–Crippen MR) is 69.5 cm³/mol. The third-order valence-electron chi connectivity index (χ3n) is 2.54. The number of nitrogens with one attached hydrogen (secondary N) is 1. The Bertz CT molecular complexity index is 420. The van der Waals surface area contributed by atoms with Crippen LogP contribution >= 0.6 is 0 Å². The van der Waals surface area contributed by atoms with E-state index in [0.29, 0.717) is 19.4 Å². The molecule has 0 aliphatic carbocycles. The second-order valence-corrected chi connectivity index (χ2v) is 4.52. The largest absolute Gasteiger partial charge is 0.481 e. The van der Waals surface area contributed by atoms with Crippen molar-refractivity contribution in [3.8, 4) is 0 Å². The molecule has 0 radical (unpaired) electrons. The van der Waals surface area contributed by atoms with Gasteiger partial charge < -0.3 is 10.4 Å². The number of carbonyl (C=O) groups excluding carboxylic acids is 1. The van der Waals surface area contributed by atoms with Crippen LogP contribution in [0.5, 0.6) is 0 Å². The van der Waals surface area contributed by atoms with Crippen molar-refractivity contribution in [2.45, 2.75) is 33.1 Å². The van der Waals surface area contributed by atoms with Crippen molar-refractivity contribution in [1.29, 1.82) is 0 Å². The van der Waals surface area contributed by atoms with Crippen LogP contribution in [0.3, 0.4) is 0 Å². The molecule has 1 rings (SSSR count). The maximum absolute atomic E-state index is 11.6. The average molecular weight is 249 g/mol. The summed E-state index contributed by atoms with van der Waals surface area (Å²) in [5, 5.41) is 11.2.